The lowest BCUT2D eigenvalue weighted by atomic mass is 9.75. The van der Waals surface area contributed by atoms with Crippen molar-refractivity contribution in [3.05, 3.63) is 23.8 Å². The zero-order valence-corrected chi connectivity index (χ0v) is 14.8. The molecule has 0 spiro atoms. The molecular weight excluding hydrogens is 340 g/mol. The van der Waals surface area contributed by atoms with Crippen molar-refractivity contribution in [3.63, 3.8) is 0 Å². The van der Waals surface area contributed by atoms with Crippen molar-refractivity contribution in [1.29, 1.82) is 0 Å². The molecule has 2 fully saturated rings. The normalized spacial score (nSPS) is 30.4. The van der Waals surface area contributed by atoms with E-state index in [1.54, 1.807) is 12.1 Å². The molecule has 4 unspecified atom stereocenters. The minimum absolute atomic E-state index is 0.00854. The lowest BCUT2D eigenvalue weighted by Crippen LogP contribution is -2.56. The van der Waals surface area contributed by atoms with Crippen LogP contribution in [0.3, 0.4) is 0 Å². The molecule has 2 saturated heterocycles. The summed E-state index contributed by atoms with van der Waals surface area (Å²) in [6.07, 6.45) is 0.197. The van der Waals surface area contributed by atoms with E-state index in [9.17, 15) is 24.6 Å². The molecular formula is C18H22N2O6. The number of phenolic OH excluding ortho intramolecular Hbond substituents is 1. The maximum atomic E-state index is 12.4. The maximum Gasteiger partial charge on any atom is 0.324 e. The number of carbonyl (C=O) groups is 3. The van der Waals surface area contributed by atoms with E-state index >= 15 is 0 Å². The van der Waals surface area contributed by atoms with Crippen LogP contribution in [0.4, 0.5) is 0 Å². The summed E-state index contributed by atoms with van der Waals surface area (Å²) in [5, 5.41) is 25.3. The molecule has 1 aromatic rings. The molecule has 0 aromatic heterocycles. The van der Waals surface area contributed by atoms with Crippen molar-refractivity contribution >= 4 is 17.8 Å². The first-order valence-electron chi connectivity index (χ1n) is 8.44. The second-order valence-electron chi connectivity index (χ2n) is 7.28. The highest BCUT2D eigenvalue weighted by molar-refractivity contribution is 6.09. The number of amides is 2. The van der Waals surface area contributed by atoms with E-state index in [0.717, 1.165) is 0 Å². The Balaban J connectivity index is 2.10. The highest BCUT2D eigenvalue weighted by atomic mass is 16.5. The minimum Gasteiger partial charge on any atom is -0.504 e. The average Bonchev–Trinajstić information content (AvgIpc) is 3.05. The van der Waals surface area contributed by atoms with Crippen LogP contribution in [-0.4, -0.2) is 40.6 Å². The third kappa shape index (κ3) is 2.61. The first kappa shape index (κ1) is 18.2. The summed E-state index contributed by atoms with van der Waals surface area (Å²) in [4.78, 5) is 37.0. The standard InChI is InChI=1S/C18H22N2O6/c1-8(2)7-18(17(24)25)13-12(15(22)19-16(13)23)14(20-18)9-4-5-11(26-3)10(21)6-9/h4-6,8,12-14,20-21H,7H2,1-3H3,(H,24,25)(H,19,22,23). The fourth-order valence-corrected chi connectivity index (χ4v) is 4.23. The smallest absolute Gasteiger partial charge is 0.324 e. The van der Waals surface area contributed by atoms with Gasteiger partial charge in [-0.3, -0.25) is 25.0 Å². The molecule has 2 aliphatic heterocycles. The van der Waals surface area contributed by atoms with Crippen LogP contribution >= 0.6 is 0 Å². The average molecular weight is 362 g/mol. The fourth-order valence-electron chi connectivity index (χ4n) is 4.23. The predicted molar refractivity (Wildman–Crippen MR) is 90.5 cm³/mol. The number of hydrogen-bond acceptors (Lipinski definition) is 6. The van der Waals surface area contributed by atoms with Crippen LogP contribution in [0, 0.1) is 17.8 Å². The van der Waals surface area contributed by atoms with Crippen molar-refractivity contribution < 1.29 is 29.3 Å². The number of rotatable bonds is 5. The molecule has 1 aromatic carbocycles. The van der Waals surface area contributed by atoms with E-state index < -0.39 is 41.2 Å². The first-order chi connectivity index (χ1) is 12.2. The molecule has 3 rings (SSSR count). The van der Waals surface area contributed by atoms with E-state index in [1.165, 1.54) is 13.2 Å². The van der Waals surface area contributed by atoms with Gasteiger partial charge >= 0.3 is 5.97 Å². The molecule has 0 radical (unpaired) electrons. The van der Waals surface area contributed by atoms with Crippen LogP contribution < -0.4 is 15.4 Å². The monoisotopic (exact) mass is 362 g/mol. The number of carbonyl (C=O) groups excluding carboxylic acids is 2. The second-order valence-corrected chi connectivity index (χ2v) is 7.28. The predicted octanol–water partition coefficient (Wildman–Crippen LogP) is 0.803. The van der Waals surface area contributed by atoms with Crippen molar-refractivity contribution in [1.82, 2.24) is 10.6 Å². The highest BCUT2D eigenvalue weighted by Crippen LogP contribution is 2.49. The number of phenols is 1. The van der Waals surface area contributed by atoms with Gasteiger partial charge in [0.05, 0.1) is 18.9 Å². The van der Waals surface area contributed by atoms with Gasteiger partial charge in [-0.1, -0.05) is 19.9 Å². The third-order valence-electron chi connectivity index (χ3n) is 5.17. The van der Waals surface area contributed by atoms with Gasteiger partial charge in [-0.05, 0) is 30.0 Å². The van der Waals surface area contributed by atoms with Gasteiger partial charge in [-0.15, -0.1) is 0 Å². The van der Waals surface area contributed by atoms with Gasteiger partial charge < -0.3 is 14.9 Å². The van der Waals surface area contributed by atoms with Gasteiger partial charge in [0.15, 0.2) is 11.5 Å². The Hall–Kier alpha value is -2.61. The number of carboxylic acid groups (broad SMARTS) is 1. The van der Waals surface area contributed by atoms with Gasteiger partial charge in [0.1, 0.15) is 5.54 Å². The van der Waals surface area contributed by atoms with Crippen molar-refractivity contribution in [2.75, 3.05) is 7.11 Å². The summed E-state index contributed by atoms with van der Waals surface area (Å²) in [7, 11) is 1.42. The molecule has 2 heterocycles. The number of methoxy groups -OCH3 is 1. The molecule has 4 atom stereocenters. The van der Waals surface area contributed by atoms with E-state index in [2.05, 4.69) is 10.6 Å². The molecule has 2 amide bonds. The molecule has 8 nitrogen and oxygen atoms in total. The molecule has 2 aliphatic rings. The van der Waals surface area contributed by atoms with Crippen molar-refractivity contribution in [2.24, 2.45) is 17.8 Å². The van der Waals surface area contributed by atoms with Crippen LogP contribution in [0.5, 0.6) is 11.5 Å². The molecule has 26 heavy (non-hydrogen) atoms. The zero-order chi connectivity index (χ0) is 19.2. The maximum absolute atomic E-state index is 12.4. The van der Waals surface area contributed by atoms with Crippen molar-refractivity contribution in [2.45, 2.75) is 31.8 Å². The number of fused-ring (bicyclic) bond motifs is 1. The van der Waals surface area contributed by atoms with Crippen molar-refractivity contribution in [3.8, 4) is 11.5 Å². The molecule has 140 valence electrons. The van der Waals surface area contributed by atoms with Crippen LogP contribution in [-0.2, 0) is 14.4 Å². The number of ether oxygens (including phenoxy) is 1. The summed E-state index contributed by atoms with van der Waals surface area (Å²) in [6, 6.07) is 3.91. The molecule has 0 saturated carbocycles. The Morgan fingerprint density at radius 2 is 2.00 bits per heavy atom. The second kappa shape index (κ2) is 6.28. The summed E-state index contributed by atoms with van der Waals surface area (Å²) in [5.74, 6) is -3.96. The summed E-state index contributed by atoms with van der Waals surface area (Å²) >= 11 is 0. The highest BCUT2D eigenvalue weighted by Gasteiger charge is 2.66. The van der Waals surface area contributed by atoms with E-state index in [-0.39, 0.29) is 23.8 Å². The number of nitrogens with one attached hydrogen (secondary N) is 2. The Kier molecular flexibility index (Phi) is 4.39. The fraction of sp³-hybridized carbons (Fsp3) is 0.500. The Morgan fingerprint density at radius 3 is 2.54 bits per heavy atom. The number of benzene rings is 1. The largest absolute Gasteiger partial charge is 0.504 e. The van der Waals surface area contributed by atoms with E-state index in [1.807, 2.05) is 13.8 Å². The zero-order valence-electron chi connectivity index (χ0n) is 14.8. The van der Waals surface area contributed by atoms with Gasteiger partial charge in [0.2, 0.25) is 11.8 Å². The van der Waals surface area contributed by atoms with Crippen LogP contribution in [0.2, 0.25) is 0 Å². The summed E-state index contributed by atoms with van der Waals surface area (Å²) in [5.41, 5.74) is -1.02. The number of aromatic hydroxyl groups is 1. The van der Waals surface area contributed by atoms with Gasteiger partial charge in [0.25, 0.3) is 0 Å². The molecule has 8 heteroatoms. The minimum atomic E-state index is -1.55. The number of hydrogen-bond donors (Lipinski definition) is 4. The number of aliphatic carboxylic acids is 1. The lowest BCUT2D eigenvalue weighted by Gasteiger charge is -2.31. The SMILES string of the molecule is COc1ccc(C2NC(CC(C)C)(C(=O)O)C3C(=O)NC(=O)C23)cc1O. The van der Waals surface area contributed by atoms with Crippen LogP contribution in [0.15, 0.2) is 18.2 Å². The van der Waals surface area contributed by atoms with Crippen LogP contribution in [0.1, 0.15) is 31.9 Å². The third-order valence-corrected chi connectivity index (χ3v) is 5.17. The van der Waals surface area contributed by atoms with Crippen LogP contribution in [0.25, 0.3) is 0 Å². The lowest BCUT2D eigenvalue weighted by molar-refractivity contribution is -0.150. The number of carboxylic acids is 1. The van der Waals surface area contributed by atoms with E-state index in [4.69, 9.17) is 4.74 Å². The summed E-state index contributed by atoms with van der Waals surface area (Å²) < 4.78 is 5.02. The topological polar surface area (TPSA) is 125 Å². The molecule has 0 aliphatic carbocycles. The Morgan fingerprint density at radius 1 is 1.31 bits per heavy atom. The molecule has 4 N–H and O–H groups in total. The number of imide groups is 1. The van der Waals surface area contributed by atoms with E-state index in [0.29, 0.717) is 5.56 Å². The Labute approximate surface area is 150 Å². The molecule has 0 bridgehead atoms. The first-order valence-corrected chi connectivity index (χ1v) is 8.44. The van der Waals surface area contributed by atoms with Gasteiger partial charge in [-0.2, -0.15) is 0 Å². The Bertz CT molecular complexity index is 777. The van der Waals surface area contributed by atoms with Gasteiger partial charge in [0, 0.05) is 6.04 Å². The summed E-state index contributed by atoms with van der Waals surface area (Å²) in [6.45, 7) is 3.73. The van der Waals surface area contributed by atoms with Gasteiger partial charge in [-0.25, -0.2) is 0 Å². The quantitative estimate of drug-likeness (QED) is 0.571.